The predicted octanol–water partition coefficient (Wildman–Crippen LogP) is 3.84. The number of hydrogen-bond donors (Lipinski definition) is 2. The third kappa shape index (κ3) is 3.34. The van der Waals surface area contributed by atoms with Crippen molar-refractivity contribution in [1.29, 1.82) is 0 Å². The average molecular weight is 417 g/mol. The lowest BCUT2D eigenvalue weighted by atomic mass is 10.1. The second-order valence-electron chi connectivity index (χ2n) is 6.67. The summed E-state index contributed by atoms with van der Waals surface area (Å²) in [5.74, 6) is -1.99. The van der Waals surface area contributed by atoms with E-state index in [1.807, 2.05) is 6.07 Å². The highest BCUT2D eigenvalue weighted by atomic mass is 32.2. The van der Waals surface area contributed by atoms with Crippen LogP contribution in [0.5, 0.6) is 0 Å². The maximum Gasteiger partial charge on any atom is 0.325 e. The van der Waals surface area contributed by atoms with Crippen molar-refractivity contribution in [2.75, 3.05) is 0 Å². The molecule has 8 heteroatoms. The van der Waals surface area contributed by atoms with Crippen LogP contribution >= 0.6 is 11.3 Å². The Labute approximate surface area is 165 Å². The Balaban J connectivity index is 1.60. The number of halogens is 1. The van der Waals surface area contributed by atoms with Crippen molar-refractivity contribution in [2.45, 2.75) is 22.1 Å². The van der Waals surface area contributed by atoms with Gasteiger partial charge >= 0.3 is 5.97 Å². The van der Waals surface area contributed by atoms with Crippen molar-refractivity contribution in [3.63, 3.8) is 0 Å². The lowest BCUT2D eigenvalue weighted by Gasteiger charge is -2.14. The van der Waals surface area contributed by atoms with Crippen molar-refractivity contribution < 1.29 is 22.7 Å². The van der Waals surface area contributed by atoms with E-state index in [1.165, 1.54) is 18.2 Å². The van der Waals surface area contributed by atoms with E-state index in [1.54, 1.807) is 42.5 Å². The molecule has 0 amide bonds. The summed E-state index contributed by atoms with van der Waals surface area (Å²) in [6.45, 7) is 0. The monoisotopic (exact) mass is 417 g/mol. The Kier molecular flexibility index (Phi) is 4.57. The van der Waals surface area contributed by atoms with Crippen LogP contribution in [0.2, 0.25) is 0 Å². The molecule has 2 atom stereocenters. The predicted molar refractivity (Wildman–Crippen MR) is 104 cm³/mol. The number of carboxylic acid groups (broad SMARTS) is 1. The Bertz CT molecular complexity index is 1130. The van der Waals surface area contributed by atoms with E-state index < -0.39 is 27.4 Å². The number of carbonyl (C=O) groups is 1. The van der Waals surface area contributed by atoms with Crippen LogP contribution in [-0.4, -0.2) is 25.0 Å². The zero-order chi connectivity index (χ0) is 19.9. The molecular formula is C20H16FNO4S2. The van der Waals surface area contributed by atoms with Crippen LogP contribution in [0, 0.1) is 5.82 Å². The number of nitrogens with one attached hydrogen (secondary N) is 1. The van der Waals surface area contributed by atoms with Gasteiger partial charge in [0.15, 0.2) is 0 Å². The van der Waals surface area contributed by atoms with Gasteiger partial charge in [0.05, 0.1) is 0 Å². The van der Waals surface area contributed by atoms with Crippen molar-refractivity contribution in [2.24, 2.45) is 0 Å². The first-order valence-electron chi connectivity index (χ1n) is 8.50. The second kappa shape index (κ2) is 6.80. The Morgan fingerprint density at radius 3 is 2.39 bits per heavy atom. The van der Waals surface area contributed by atoms with Crippen LogP contribution in [0.25, 0.3) is 10.4 Å². The molecular weight excluding hydrogens is 401 g/mol. The summed E-state index contributed by atoms with van der Waals surface area (Å²) >= 11 is 1.01. The van der Waals surface area contributed by atoms with Gasteiger partial charge in [0.1, 0.15) is 15.6 Å². The fourth-order valence-corrected chi connectivity index (χ4v) is 5.98. The van der Waals surface area contributed by atoms with Crippen molar-refractivity contribution in [3.05, 3.63) is 78.1 Å². The Hall–Kier alpha value is -2.55. The molecule has 5 nitrogen and oxygen atoms in total. The first-order valence-corrected chi connectivity index (χ1v) is 10.8. The maximum absolute atomic E-state index is 13.1. The summed E-state index contributed by atoms with van der Waals surface area (Å²) in [5, 5.41) is 9.70. The van der Waals surface area contributed by atoms with Gasteiger partial charge in [-0.25, -0.2) is 12.8 Å². The second-order valence-corrected chi connectivity index (χ2v) is 9.67. The van der Waals surface area contributed by atoms with Crippen LogP contribution in [0.15, 0.2) is 70.9 Å². The number of thiophene rings is 1. The molecule has 0 saturated heterocycles. The molecule has 1 saturated carbocycles. The molecule has 2 unspecified atom stereocenters. The summed E-state index contributed by atoms with van der Waals surface area (Å²) in [4.78, 5) is 12.5. The zero-order valence-corrected chi connectivity index (χ0v) is 16.1. The van der Waals surface area contributed by atoms with E-state index in [-0.39, 0.29) is 16.4 Å². The van der Waals surface area contributed by atoms with Crippen molar-refractivity contribution in [1.82, 2.24) is 4.72 Å². The van der Waals surface area contributed by atoms with Gasteiger partial charge in [0, 0.05) is 10.8 Å². The first-order chi connectivity index (χ1) is 13.3. The minimum Gasteiger partial charge on any atom is -0.480 e. The van der Waals surface area contributed by atoms with Gasteiger partial charge in [0.25, 0.3) is 10.0 Å². The minimum absolute atomic E-state index is 0.0196. The highest BCUT2D eigenvalue weighted by Gasteiger charge is 2.63. The molecule has 144 valence electrons. The van der Waals surface area contributed by atoms with Gasteiger partial charge in [-0.05, 0) is 41.8 Å². The average Bonchev–Trinajstić information content (AvgIpc) is 3.17. The van der Waals surface area contributed by atoms with Gasteiger partial charge in [-0.1, -0.05) is 42.5 Å². The molecule has 1 heterocycles. The summed E-state index contributed by atoms with van der Waals surface area (Å²) in [7, 11) is -4.02. The number of aliphatic carboxylic acids is 1. The highest BCUT2D eigenvalue weighted by Crippen LogP contribution is 2.52. The van der Waals surface area contributed by atoms with Crippen molar-refractivity contribution >= 4 is 27.3 Å². The molecule has 28 heavy (non-hydrogen) atoms. The smallest absolute Gasteiger partial charge is 0.325 e. The lowest BCUT2D eigenvalue weighted by Crippen LogP contribution is -2.44. The fourth-order valence-electron chi connectivity index (χ4n) is 3.27. The van der Waals surface area contributed by atoms with Crippen molar-refractivity contribution in [3.8, 4) is 10.4 Å². The lowest BCUT2D eigenvalue weighted by molar-refractivity contribution is -0.140. The van der Waals surface area contributed by atoms with Gasteiger partial charge in [0.2, 0.25) is 0 Å². The SMILES string of the molecule is O=C(O)C1(NS(=O)(=O)c2ccc(-c3ccc(F)cc3)s2)CC1c1ccccc1. The third-order valence-electron chi connectivity index (χ3n) is 4.84. The molecule has 1 aromatic heterocycles. The molecule has 0 radical (unpaired) electrons. The molecule has 0 spiro atoms. The van der Waals surface area contributed by atoms with Crippen LogP contribution in [0.1, 0.15) is 17.9 Å². The molecule has 2 aromatic carbocycles. The summed E-state index contributed by atoms with van der Waals surface area (Å²) in [6.07, 6.45) is 0.196. The molecule has 1 fully saturated rings. The molecule has 3 aromatic rings. The molecule has 0 bridgehead atoms. The van der Waals surface area contributed by atoms with E-state index in [0.717, 1.165) is 16.9 Å². The van der Waals surface area contributed by atoms with Gasteiger partial charge < -0.3 is 5.11 Å². The third-order valence-corrected chi connectivity index (χ3v) is 7.97. The standard InChI is InChI=1S/C20H16FNO4S2/c21-15-8-6-14(7-9-15)17-10-11-18(27-17)28(25,26)22-20(19(23)24)12-16(20)13-4-2-1-3-5-13/h1-11,16,22H,12H2,(H,23,24). The number of carboxylic acids is 1. The van der Waals surface area contributed by atoms with Crippen LogP contribution < -0.4 is 4.72 Å². The maximum atomic E-state index is 13.1. The summed E-state index contributed by atoms with van der Waals surface area (Å²) < 4.78 is 41.2. The Morgan fingerprint density at radius 1 is 1.07 bits per heavy atom. The van der Waals surface area contributed by atoms with Crippen LogP contribution in [0.3, 0.4) is 0 Å². The molecule has 1 aliphatic rings. The quantitative estimate of drug-likeness (QED) is 0.638. The molecule has 1 aliphatic carbocycles. The summed E-state index contributed by atoms with van der Waals surface area (Å²) in [5.41, 5.74) is -0.0691. The number of hydrogen-bond acceptors (Lipinski definition) is 4. The van der Waals surface area contributed by atoms with Gasteiger partial charge in [-0.2, -0.15) is 4.72 Å². The van der Waals surface area contributed by atoms with E-state index in [4.69, 9.17) is 0 Å². The Morgan fingerprint density at radius 2 is 1.75 bits per heavy atom. The van der Waals surface area contributed by atoms with E-state index in [2.05, 4.69) is 4.72 Å². The number of sulfonamides is 1. The number of benzene rings is 2. The summed E-state index contributed by atoms with van der Waals surface area (Å²) in [6, 6.07) is 17.8. The normalized spacial score (nSPS) is 21.4. The van der Waals surface area contributed by atoms with E-state index >= 15 is 0 Å². The molecule has 0 aliphatic heterocycles. The van der Waals surface area contributed by atoms with Gasteiger partial charge in [-0.15, -0.1) is 11.3 Å². The van der Waals surface area contributed by atoms with Crippen LogP contribution in [-0.2, 0) is 14.8 Å². The van der Waals surface area contributed by atoms with E-state index in [0.29, 0.717) is 10.4 Å². The first kappa shape index (κ1) is 18.8. The minimum atomic E-state index is -4.02. The zero-order valence-electron chi connectivity index (χ0n) is 14.5. The topological polar surface area (TPSA) is 83.5 Å². The molecule has 2 N–H and O–H groups in total. The highest BCUT2D eigenvalue weighted by molar-refractivity contribution is 7.91. The van der Waals surface area contributed by atoms with Gasteiger partial charge in [-0.3, -0.25) is 4.79 Å². The molecule has 4 rings (SSSR count). The largest absolute Gasteiger partial charge is 0.480 e. The fraction of sp³-hybridized carbons (Fsp3) is 0.150. The van der Waals surface area contributed by atoms with Crippen LogP contribution in [0.4, 0.5) is 4.39 Å². The number of rotatable bonds is 6. The van der Waals surface area contributed by atoms with E-state index in [9.17, 15) is 22.7 Å².